The highest BCUT2D eigenvalue weighted by atomic mass is 35.5. The van der Waals surface area contributed by atoms with E-state index in [-0.39, 0.29) is 0 Å². The average Bonchev–Trinajstić information content (AvgIpc) is 3.73. The molecule has 0 radical (unpaired) electrons. The van der Waals surface area contributed by atoms with Gasteiger partial charge in [-0.05, 0) is 85.6 Å². The number of nitrogens with zero attached hydrogens (tertiary/aromatic N) is 4. The minimum Gasteiger partial charge on any atom is -0.316 e. The molecule has 0 saturated heterocycles. The second-order valence-corrected chi connectivity index (χ2v) is 14.2. The summed E-state index contributed by atoms with van der Waals surface area (Å²) in [5.41, 5.74) is 12.3. The molecule has 4 nitrogen and oxygen atoms in total. The van der Waals surface area contributed by atoms with E-state index in [2.05, 4.69) is 209 Å². The quantitative estimate of drug-likeness (QED) is 0.184. The number of hydrogen-bond acceptors (Lipinski definition) is 4. The predicted octanol–water partition coefficient (Wildman–Crippen LogP) is 12.5. The van der Waals surface area contributed by atoms with Crippen molar-refractivity contribution < 1.29 is 0 Å². The first-order valence-corrected chi connectivity index (χ1v) is 17.9. The van der Waals surface area contributed by atoms with Gasteiger partial charge in [0.05, 0.1) is 39.1 Å². The van der Waals surface area contributed by atoms with Crippen molar-refractivity contribution in [1.82, 2.24) is 0 Å². The van der Waals surface area contributed by atoms with Crippen LogP contribution in [-0.2, 0) is 5.66 Å². The smallest absolute Gasteiger partial charge is 0.176 e. The van der Waals surface area contributed by atoms with Crippen molar-refractivity contribution in [3.63, 3.8) is 0 Å². The Morgan fingerprint density at radius 3 is 1.27 bits per heavy atom. The van der Waals surface area contributed by atoms with Crippen molar-refractivity contribution in [3.8, 4) is 11.1 Å². The highest BCUT2D eigenvalue weighted by Gasteiger charge is 2.58. The molecule has 2 heterocycles. The van der Waals surface area contributed by atoms with Crippen LogP contribution in [0.25, 0.3) is 11.1 Å². The first kappa shape index (κ1) is 29.9. The Hall–Kier alpha value is -5.97. The largest absolute Gasteiger partial charge is 0.316 e. The molecular weight excluding hydrogens is 644 g/mol. The fourth-order valence-electron chi connectivity index (χ4n) is 9.01. The molecule has 0 bridgehead atoms. The van der Waals surface area contributed by atoms with Crippen LogP contribution in [0.5, 0.6) is 0 Å². The van der Waals surface area contributed by atoms with Crippen molar-refractivity contribution in [2.75, 3.05) is 19.6 Å². The molecule has 0 fully saturated rings. The van der Waals surface area contributed by atoms with Gasteiger partial charge < -0.3 is 19.6 Å². The fourth-order valence-corrected chi connectivity index (χ4v) is 9.31. The van der Waals surface area contributed by atoms with Gasteiger partial charge in [-0.15, -0.1) is 0 Å². The van der Waals surface area contributed by atoms with E-state index in [1.807, 2.05) is 0 Å². The summed E-state index contributed by atoms with van der Waals surface area (Å²) in [7, 11) is 0. The Labute approximate surface area is 304 Å². The molecule has 1 spiro atoms. The van der Waals surface area contributed by atoms with E-state index in [0.717, 1.165) is 45.5 Å². The molecular formula is C46H35ClN4. The zero-order chi connectivity index (χ0) is 34.3. The van der Waals surface area contributed by atoms with Gasteiger partial charge in [0.25, 0.3) is 0 Å². The number of rotatable bonds is 4. The number of hydrogen-bond donors (Lipinski definition) is 0. The standard InChI is InChI=1S/C46H35ClN4/c1-45(2)48(32-18-5-3-6-19-32)38-26-13-15-28-40(38)50(45)42-30-17-31-43(44(42)47)51-41-29-16-14-27-39(41)49(33-20-7-4-8-21-33)46(51)36-24-11-9-22-34(36)35-23-10-12-25-37(35)46/h3-31H,1-2H3. The zero-order valence-electron chi connectivity index (χ0n) is 28.4. The van der Waals surface area contributed by atoms with Crippen LogP contribution in [0.15, 0.2) is 176 Å². The fraction of sp³-hybridized carbons (Fsp3) is 0.0870. The summed E-state index contributed by atoms with van der Waals surface area (Å²) in [6, 6.07) is 63.0. The molecule has 0 N–H and O–H groups in total. The molecule has 1 aliphatic carbocycles. The maximum Gasteiger partial charge on any atom is 0.176 e. The van der Waals surface area contributed by atoms with Gasteiger partial charge in [-0.3, -0.25) is 0 Å². The van der Waals surface area contributed by atoms with Crippen LogP contribution in [0.4, 0.5) is 45.5 Å². The molecule has 0 unspecified atom stereocenters. The van der Waals surface area contributed by atoms with Crippen molar-refractivity contribution in [1.29, 1.82) is 0 Å². The number of para-hydroxylation sites is 6. The van der Waals surface area contributed by atoms with Gasteiger partial charge in [0.2, 0.25) is 0 Å². The van der Waals surface area contributed by atoms with Crippen LogP contribution < -0.4 is 19.6 Å². The highest BCUT2D eigenvalue weighted by molar-refractivity contribution is 6.36. The lowest BCUT2D eigenvalue weighted by Crippen LogP contribution is -2.50. The van der Waals surface area contributed by atoms with Crippen LogP contribution in [0, 0.1) is 0 Å². The second-order valence-electron chi connectivity index (χ2n) is 13.9. The van der Waals surface area contributed by atoms with Crippen LogP contribution in [0.2, 0.25) is 5.02 Å². The van der Waals surface area contributed by atoms with Crippen LogP contribution in [0.1, 0.15) is 25.0 Å². The summed E-state index contributed by atoms with van der Waals surface area (Å²) in [4.78, 5) is 9.83. The first-order chi connectivity index (χ1) is 25.0. The van der Waals surface area contributed by atoms with Crippen molar-refractivity contribution >= 4 is 57.1 Å². The molecule has 5 heteroatoms. The summed E-state index contributed by atoms with van der Waals surface area (Å²) in [5, 5.41) is 0.696. The monoisotopic (exact) mass is 678 g/mol. The number of fused-ring (bicyclic) bond motifs is 7. The summed E-state index contributed by atoms with van der Waals surface area (Å²) in [6.07, 6.45) is 0. The van der Waals surface area contributed by atoms with E-state index in [1.165, 1.54) is 22.3 Å². The lowest BCUT2D eigenvalue weighted by atomic mass is 9.92. The van der Waals surface area contributed by atoms with Gasteiger partial charge >= 0.3 is 0 Å². The molecule has 0 saturated carbocycles. The normalized spacial score (nSPS) is 15.9. The minimum atomic E-state index is -0.755. The van der Waals surface area contributed by atoms with E-state index in [4.69, 9.17) is 11.6 Å². The van der Waals surface area contributed by atoms with Crippen molar-refractivity contribution in [2.24, 2.45) is 0 Å². The van der Waals surface area contributed by atoms with Crippen molar-refractivity contribution in [3.05, 3.63) is 192 Å². The lowest BCUT2D eigenvalue weighted by Gasteiger charge is -2.46. The van der Waals surface area contributed by atoms with Gasteiger partial charge in [0.15, 0.2) is 5.66 Å². The van der Waals surface area contributed by atoms with E-state index in [9.17, 15) is 0 Å². The molecule has 3 aliphatic rings. The molecule has 0 amide bonds. The number of benzene rings is 7. The summed E-state index contributed by atoms with van der Waals surface area (Å²) < 4.78 is 0. The lowest BCUT2D eigenvalue weighted by molar-refractivity contribution is 0.540. The summed E-state index contributed by atoms with van der Waals surface area (Å²) in [5.74, 6) is 0. The molecule has 10 rings (SSSR count). The maximum atomic E-state index is 7.91. The van der Waals surface area contributed by atoms with Crippen LogP contribution in [0.3, 0.4) is 0 Å². The molecule has 7 aromatic rings. The van der Waals surface area contributed by atoms with Crippen LogP contribution in [-0.4, -0.2) is 5.66 Å². The molecule has 2 aliphatic heterocycles. The van der Waals surface area contributed by atoms with Crippen LogP contribution >= 0.6 is 11.6 Å². The molecule has 0 aromatic heterocycles. The van der Waals surface area contributed by atoms with Gasteiger partial charge in [0.1, 0.15) is 5.66 Å². The van der Waals surface area contributed by atoms with E-state index < -0.39 is 11.3 Å². The van der Waals surface area contributed by atoms with E-state index in [1.54, 1.807) is 0 Å². The average molecular weight is 679 g/mol. The third kappa shape index (κ3) is 3.97. The third-order valence-corrected chi connectivity index (χ3v) is 11.2. The minimum absolute atomic E-state index is 0.476. The third-order valence-electron chi connectivity index (χ3n) is 10.8. The second kappa shape index (κ2) is 11.0. The van der Waals surface area contributed by atoms with Gasteiger partial charge in [-0.1, -0.05) is 127 Å². The first-order valence-electron chi connectivity index (χ1n) is 17.5. The maximum absolute atomic E-state index is 7.91. The van der Waals surface area contributed by atoms with Gasteiger partial charge in [-0.25, -0.2) is 0 Å². The Morgan fingerprint density at radius 2 is 0.725 bits per heavy atom. The number of halogens is 1. The molecule has 246 valence electrons. The predicted molar refractivity (Wildman–Crippen MR) is 213 cm³/mol. The number of anilines is 8. The molecule has 0 atom stereocenters. The zero-order valence-corrected chi connectivity index (χ0v) is 29.2. The summed E-state index contributed by atoms with van der Waals surface area (Å²) >= 11 is 7.91. The Bertz CT molecular complexity index is 2410. The molecule has 7 aromatic carbocycles. The Morgan fingerprint density at radius 1 is 0.353 bits per heavy atom. The SMILES string of the molecule is CC1(C)N(c2ccccc2)c2ccccc2N1c1cccc(N2c3ccccc3N(c3ccccc3)C23c2ccccc2-c2ccccc23)c1Cl. The van der Waals surface area contributed by atoms with Gasteiger partial charge in [0, 0.05) is 22.5 Å². The van der Waals surface area contributed by atoms with E-state index in [0.29, 0.717) is 5.02 Å². The Balaban J connectivity index is 1.25. The van der Waals surface area contributed by atoms with E-state index >= 15 is 0 Å². The molecule has 51 heavy (non-hydrogen) atoms. The topological polar surface area (TPSA) is 13.0 Å². The van der Waals surface area contributed by atoms with Crippen molar-refractivity contribution in [2.45, 2.75) is 25.2 Å². The Kier molecular flexibility index (Phi) is 6.46. The summed E-state index contributed by atoms with van der Waals surface area (Å²) in [6.45, 7) is 4.55. The highest BCUT2D eigenvalue weighted by Crippen LogP contribution is 2.66. The van der Waals surface area contributed by atoms with Gasteiger partial charge in [-0.2, -0.15) is 0 Å².